The van der Waals surface area contributed by atoms with Gasteiger partial charge in [0.1, 0.15) is 5.82 Å². The van der Waals surface area contributed by atoms with Crippen molar-refractivity contribution in [3.8, 4) is 11.4 Å². The number of carbonyl (C=O) groups excluding carboxylic acids is 1. The van der Waals surface area contributed by atoms with E-state index in [1.54, 1.807) is 11.7 Å². The lowest BCUT2D eigenvalue weighted by Crippen LogP contribution is -2.45. The maximum atomic E-state index is 13.3. The molecule has 0 radical (unpaired) electrons. The number of piperidine rings is 1. The summed E-state index contributed by atoms with van der Waals surface area (Å²) in [6, 6.07) is 23.0. The van der Waals surface area contributed by atoms with Crippen LogP contribution in [0.3, 0.4) is 0 Å². The molecule has 1 aliphatic heterocycles. The van der Waals surface area contributed by atoms with Crippen LogP contribution in [-0.2, 0) is 19.9 Å². The molecule has 2 atom stereocenters. The molecule has 1 saturated heterocycles. The summed E-state index contributed by atoms with van der Waals surface area (Å²) in [7, 11) is 1.80. The van der Waals surface area contributed by atoms with Crippen molar-refractivity contribution < 1.29 is 9.18 Å². The zero-order chi connectivity index (χ0) is 27.9. The molecular formula is C31H36FN7O. The molecule has 0 unspecified atom stereocenters. The minimum Gasteiger partial charge on any atom is -0.338 e. The number of aryl methyl sites for hydroxylation is 2. The molecule has 1 aromatic heterocycles. The molecule has 2 amide bonds. The van der Waals surface area contributed by atoms with E-state index in [9.17, 15) is 9.18 Å². The van der Waals surface area contributed by atoms with Crippen molar-refractivity contribution in [3.63, 3.8) is 0 Å². The van der Waals surface area contributed by atoms with Crippen LogP contribution in [0, 0.1) is 11.7 Å². The summed E-state index contributed by atoms with van der Waals surface area (Å²) >= 11 is 0. The number of amides is 2. The number of hydrogen-bond acceptors (Lipinski definition) is 5. The molecule has 5 rings (SSSR count). The highest BCUT2D eigenvalue weighted by Crippen LogP contribution is 2.33. The summed E-state index contributed by atoms with van der Waals surface area (Å²) in [6.45, 7) is 5.42. The number of tetrazole rings is 1. The second-order valence-corrected chi connectivity index (χ2v) is 10.5. The van der Waals surface area contributed by atoms with Gasteiger partial charge in [-0.25, -0.2) is 13.9 Å². The van der Waals surface area contributed by atoms with Crippen LogP contribution in [0.4, 0.5) is 14.9 Å². The topological polar surface area (TPSA) is 88.0 Å². The summed E-state index contributed by atoms with van der Waals surface area (Å²) in [5.74, 6) is 1.06. The molecule has 0 saturated carbocycles. The van der Waals surface area contributed by atoms with Gasteiger partial charge in [-0.15, -0.1) is 5.10 Å². The normalized spacial score (nSPS) is 17.5. The van der Waals surface area contributed by atoms with E-state index < -0.39 is 0 Å². The standard InChI is InChI=1S/C31H36FN7O/c1-3-22-17-25(30-35-36-37-38(30)2)19-28(18-22)34-31(40)33-20-26-21-39(15-13-23-9-11-27(32)12-10-23)16-14-29(26)24-7-5-4-6-8-24/h4-12,17-19,26,29H,3,13-16,20-21H2,1-2H3,(H2,33,34,40)/t26-,29+/m0/s1. The van der Waals surface area contributed by atoms with Crippen LogP contribution in [0.15, 0.2) is 72.8 Å². The molecule has 9 heteroatoms. The van der Waals surface area contributed by atoms with Crippen molar-refractivity contribution in [3.05, 3.63) is 95.3 Å². The highest BCUT2D eigenvalue weighted by molar-refractivity contribution is 5.90. The summed E-state index contributed by atoms with van der Waals surface area (Å²) in [5.41, 5.74) is 5.09. The Bertz CT molecular complexity index is 1410. The molecule has 0 aliphatic carbocycles. The number of nitrogens with zero attached hydrogens (tertiary/aromatic N) is 5. The molecule has 40 heavy (non-hydrogen) atoms. The van der Waals surface area contributed by atoms with Crippen molar-refractivity contribution in [1.29, 1.82) is 0 Å². The third-order valence-corrected chi connectivity index (χ3v) is 7.74. The highest BCUT2D eigenvalue weighted by atomic mass is 19.1. The van der Waals surface area contributed by atoms with Gasteiger partial charge in [0.05, 0.1) is 0 Å². The highest BCUT2D eigenvalue weighted by Gasteiger charge is 2.30. The number of hydrogen-bond donors (Lipinski definition) is 2. The summed E-state index contributed by atoms with van der Waals surface area (Å²) in [6.07, 6.45) is 2.72. The molecule has 208 valence electrons. The van der Waals surface area contributed by atoms with E-state index in [0.717, 1.165) is 55.6 Å². The van der Waals surface area contributed by atoms with E-state index in [2.05, 4.69) is 62.2 Å². The number of halogens is 1. The van der Waals surface area contributed by atoms with E-state index in [1.807, 2.05) is 36.4 Å². The molecule has 0 spiro atoms. The molecule has 2 heterocycles. The van der Waals surface area contributed by atoms with Gasteiger partial charge in [-0.2, -0.15) is 0 Å². The molecule has 3 aromatic carbocycles. The number of carbonyl (C=O) groups is 1. The molecule has 4 aromatic rings. The number of anilines is 1. The average Bonchev–Trinajstić information content (AvgIpc) is 3.42. The fraction of sp³-hybridized carbons (Fsp3) is 0.355. The van der Waals surface area contributed by atoms with Crippen molar-refractivity contribution in [2.45, 2.75) is 32.1 Å². The van der Waals surface area contributed by atoms with Gasteiger partial charge in [-0.3, -0.25) is 0 Å². The lowest BCUT2D eigenvalue weighted by atomic mass is 9.80. The fourth-order valence-corrected chi connectivity index (χ4v) is 5.57. The lowest BCUT2D eigenvalue weighted by molar-refractivity contribution is 0.153. The lowest BCUT2D eigenvalue weighted by Gasteiger charge is -2.39. The molecule has 8 nitrogen and oxygen atoms in total. The van der Waals surface area contributed by atoms with Crippen LogP contribution in [0.5, 0.6) is 0 Å². The molecule has 0 bridgehead atoms. The van der Waals surface area contributed by atoms with Crippen LogP contribution in [0.1, 0.15) is 36.0 Å². The van der Waals surface area contributed by atoms with Gasteiger partial charge < -0.3 is 15.5 Å². The van der Waals surface area contributed by atoms with E-state index in [1.165, 1.54) is 17.7 Å². The Balaban J connectivity index is 1.24. The minimum atomic E-state index is -0.231. The van der Waals surface area contributed by atoms with Crippen LogP contribution in [-0.4, -0.2) is 57.3 Å². The number of rotatable bonds is 9. The Morgan fingerprint density at radius 2 is 1.85 bits per heavy atom. The Morgan fingerprint density at radius 1 is 1.05 bits per heavy atom. The van der Waals surface area contributed by atoms with Crippen LogP contribution in [0.25, 0.3) is 11.4 Å². The number of aromatic nitrogens is 4. The Hall–Kier alpha value is -4.11. The predicted molar refractivity (Wildman–Crippen MR) is 154 cm³/mol. The first-order chi connectivity index (χ1) is 19.5. The monoisotopic (exact) mass is 541 g/mol. The maximum absolute atomic E-state index is 13.3. The smallest absolute Gasteiger partial charge is 0.319 e. The van der Waals surface area contributed by atoms with Crippen molar-refractivity contribution in [2.24, 2.45) is 13.0 Å². The first-order valence-electron chi connectivity index (χ1n) is 13.9. The second-order valence-electron chi connectivity index (χ2n) is 10.5. The Labute approximate surface area is 234 Å². The Morgan fingerprint density at radius 3 is 2.58 bits per heavy atom. The zero-order valence-corrected chi connectivity index (χ0v) is 23.1. The van der Waals surface area contributed by atoms with Crippen LogP contribution >= 0.6 is 0 Å². The van der Waals surface area contributed by atoms with E-state index in [4.69, 9.17) is 0 Å². The number of benzene rings is 3. The molecule has 1 aliphatic rings. The fourth-order valence-electron chi connectivity index (χ4n) is 5.57. The first-order valence-corrected chi connectivity index (χ1v) is 13.9. The van der Waals surface area contributed by atoms with Crippen molar-refractivity contribution in [2.75, 3.05) is 31.5 Å². The summed E-state index contributed by atoms with van der Waals surface area (Å²) < 4.78 is 14.9. The van der Waals surface area contributed by atoms with E-state index >= 15 is 0 Å². The molecular weight excluding hydrogens is 505 g/mol. The zero-order valence-electron chi connectivity index (χ0n) is 23.1. The van der Waals surface area contributed by atoms with Gasteiger partial charge in [0.2, 0.25) is 0 Å². The van der Waals surface area contributed by atoms with E-state index in [-0.39, 0.29) is 17.8 Å². The summed E-state index contributed by atoms with van der Waals surface area (Å²) in [5, 5.41) is 17.9. The van der Waals surface area contributed by atoms with Gasteiger partial charge in [0.15, 0.2) is 5.82 Å². The third kappa shape index (κ3) is 6.90. The summed E-state index contributed by atoms with van der Waals surface area (Å²) in [4.78, 5) is 15.5. The van der Waals surface area contributed by atoms with Gasteiger partial charge in [0, 0.05) is 37.9 Å². The number of nitrogens with one attached hydrogen (secondary N) is 2. The van der Waals surface area contributed by atoms with Gasteiger partial charge in [0.25, 0.3) is 0 Å². The van der Waals surface area contributed by atoms with E-state index in [0.29, 0.717) is 24.0 Å². The molecule has 2 N–H and O–H groups in total. The van der Waals surface area contributed by atoms with Crippen molar-refractivity contribution in [1.82, 2.24) is 30.4 Å². The minimum absolute atomic E-state index is 0.208. The van der Waals surface area contributed by atoms with Crippen molar-refractivity contribution >= 4 is 11.7 Å². The number of urea groups is 1. The Kier molecular flexibility index (Phi) is 8.81. The molecule has 1 fully saturated rings. The van der Waals surface area contributed by atoms with Gasteiger partial charge in [-0.05, 0) is 95.1 Å². The second kappa shape index (κ2) is 12.8. The number of likely N-dealkylation sites (tertiary alicyclic amines) is 1. The largest absolute Gasteiger partial charge is 0.338 e. The SMILES string of the molecule is CCc1cc(NC(=O)NC[C@H]2CN(CCc3ccc(F)cc3)CC[C@@H]2c2ccccc2)cc(-c2nnnn2C)c1. The third-order valence-electron chi connectivity index (χ3n) is 7.74. The average molecular weight is 542 g/mol. The van der Waals surface area contributed by atoms with Gasteiger partial charge >= 0.3 is 6.03 Å². The quantitative estimate of drug-likeness (QED) is 0.310. The predicted octanol–water partition coefficient (Wildman–Crippen LogP) is 5.05. The maximum Gasteiger partial charge on any atom is 0.319 e. The van der Waals surface area contributed by atoms with Crippen LogP contribution in [0.2, 0.25) is 0 Å². The van der Waals surface area contributed by atoms with Gasteiger partial charge in [-0.1, -0.05) is 49.4 Å². The van der Waals surface area contributed by atoms with Crippen LogP contribution < -0.4 is 10.6 Å². The first kappa shape index (κ1) is 27.5.